The Morgan fingerprint density at radius 2 is 1.82 bits per heavy atom. The molecule has 1 amide bonds. The average Bonchev–Trinajstić information content (AvgIpc) is 3.11. The van der Waals surface area contributed by atoms with E-state index in [2.05, 4.69) is 5.32 Å². The van der Waals surface area contributed by atoms with E-state index in [1.54, 1.807) is 24.3 Å². The maximum Gasteiger partial charge on any atom is 0.319 e. The topological polar surface area (TPSA) is 86.6 Å². The molecule has 1 saturated carbocycles. The molecular weight excluding hydrogens is 222 g/mol. The lowest BCUT2D eigenvalue weighted by atomic mass is 10.1. The third-order valence-electron chi connectivity index (χ3n) is 2.99. The lowest BCUT2D eigenvalue weighted by Gasteiger charge is -2.10. The minimum atomic E-state index is -1.23. The molecule has 5 nitrogen and oxygen atoms in total. The fourth-order valence-electron chi connectivity index (χ4n) is 1.61. The fraction of sp³-hybridized carbons (Fsp3) is 0.333. The van der Waals surface area contributed by atoms with E-state index in [-0.39, 0.29) is 6.61 Å². The van der Waals surface area contributed by atoms with E-state index in [0.29, 0.717) is 18.5 Å². The quantitative estimate of drug-likeness (QED) is 0.679. The molecule has 1 fully saturated rings. The molecule has 2 rings (SSSR count). The number of aliphatic hydroxyl groups excluding tert-OH is 1. The lowest BCUT2D eigenvalue weighted by molar-refractivity contribution is -0.147. The highest BCUT2D eigenvalue weighted by Crippen LogP contribution is 2.46. The van der Waals surface area contributed by atoms with Gasteiger partial charge in [-0.15, -0.1) is 0 Å². The molecule has 0 radical (unpaired) electrons. The number of aliphatic hydroxyl groups is 1. The number of rotatable bonds is 4. The SMILES string of the molecule is O=C(O)C1(C(=O)Nc2ccc(CO)cc2)CC1. The molecule has 1 aliphatic carbocycles. The van der Waals surface area contributed by atoms with E-state index in [9.17, 15) is 9.59 Å². The summed E-state index contributed by atoms with van der Waals surface area (Å²) in [7, 11) is 0. The highest BCUT2D eigenvalue weighted by atomic mass is 16.4. The van der Waals surface area contributed by atoms with E-state index in [1.807, 2.05) is 0 Å². The van der Waals surface area contributed by atoms with Crippen LogP contribution in [0.3, 0.4) is 0 Å². The van der Waals surface area contributed by atoms with Crippen molar-refractivity contribution >= 4 is 17.6 Å². The van der Waals surface area contributed by atoms with Gasteiger partial charge in [0.05, 0.1) is 6.61 Å². The number of carbonyl (C=O) groups is 2. The Balaban J connectivity index is 2.06. The van der Waals surface area contributed by atoms with Crippen molar-refractivity contribution in [2.24, 2.45) is 5.41 Å². The number of hydrogen-bond acceptors (Lipinski definition) is 3. The predicted molar refractivity (Wildman–Crippen MR) is 60.3 cm³/mol. The van der Waals surface area contributed by atoms with E-state index < -0.39 is 17.3 Å². The molecule has 3 N–H and O–H groups in total. The summed E-state index contributed by atoms with van der Waals surface area (Å²) >= 11 is 0. The molecule has 0 atom stereocenters. The average molecular weight is 235 g/mol. The number of hydrogen-bond donors (Lipinski definition) is 3. The lowest BCUT2D eigenvalue weighted by Crippen LogP contribution is -2.31. The summed E-state index contributed by atoms with van der Waals surface area (Å²) in [5.41, 5.74) is 0.0532. The highest BCUT2D eigenvalue weighted by molar-refractivity contribution is 6.10. The van der Waals surface area contributed by atoms with Gasteiger partial charge in [-0.3, -0.25) is 9.59 Å². The van der Waals surface area contributed by atoms with Crippen LogP contribution >= 0.6 is 0 Å². The second kappa shape index (κ2) is 4.18. The summed E-state index contributed by atoms with van der Waals surface area (Å²) in [4.78, 5) is 22.7. The third kappa shape index (κ3) is 2.14. The molecular formula is C12H13NO4. The van der Waals surface area contributed by atoms with E-state index in [0.717, 1.165) is 5.56 Å². The first kappa shape index (κ1) is 11.6. The van der Waals surface area contributed by atoms with Crippen LogP contribution in [0.5, 0.6) is 0 Å². The molecule has 0 spiro atoms. The van der Waals surface area contributed by atoms with Crippen LogP contribution in [-0.4, -0.2) is 22.1 Å². The van der Waals surface area contributed by atoms with Crippen LogP contribution in [0.1, 0.15) is 18.4 Å². The zero-order chi connectivity index (χ0) is 12.5. The van der Waals surface area contributed by atoms with E-state index >= 15 is 0 Å². The van der Waals surface area contributed by atoms with Crippen molar-refractivity contribution in [3.8, 4) is 0 Å². The Kier molecular flexibility index (Phi) is 2.85. The smallest absolute Gasteiger partial charge is 0.319 e. The number of benzene rings is 1. The van der Waals surface area contributed by atoms with Crippen molar-refractivity contribution in [2.45, 2.75) is 19.4 Å². The summed E-state index contributed by atoms with van der Waals surface area (Å²) in [6.07, 6.45) is 0.784. The van der Waals surface area contributed by atoms with Gasteiger partial charge in [0.1, 0.15) is 5.41 Å². The molecule has 90 valence electrons. The third-order valence-corrected chi connectivity index (χ3v) is 2.99. The fourth-order valence-corrected chi connectivity index (χ4v) is 1.61. The summed E-state index contributed by atoms with van der Waals surface area (Å²) in [6, 6.07) is 6.63. The Morgan fingerprint density at radius 1 is 1.24 bits per heavy atom. The molecule has 0 saturated heterocycles. The van der Waals surface area contributed by atoms with Crippen molar-refractivity contribution in [1.29, 1.82) is 0 Å². The normalized spacial score (nSPS) is 16.3. The van der Waals surface area contributed by atoms with E-state index in [1.165, 1.54) is 0 Å². The molecule has 1 aromatic rings. The molecule has 0 unspecified atom stereocenters. The van der Waals surface area contributed by atoms with Crippen molar-refractivity contribution in [1.82, 2.24) is 0 Å². The van der Waals surface area contributed by atoms with Crippen LogP contribution < -0.4 is 5.32 Å². The van der Waals surface area contributed by atoms with Crippen molar-refractivity contribution in [2.75, 3.05) is 5.32 Å². The monoisotopic (exact) mass is 235 g/mol. The second-order valence-corrected chi connectivity index (χ2v) is 4.20. The number of anilines is 1. The Morgan fingerprint density at radius 3 is 2.24 bits per heavy atom. The van der Waals surface area contributed by atoms with Gasteiger partial charge < -0.3 is 15.5 Å². The summed E-state index contributed by atoms with van der Waals surface area (Å²) in [5, 5.41) is 20.4. The largest absolute Gasteiger partial charge is 0.480 e. The molecule has 0 aliphatic heterocycles. The number of carboxylic acids is 1. The zero-order valence-corrected chi connectivity index (χ0v) is 9.14. The van der Waals surface area contributed by atoms with Crippen LogP contribution in [-0.2, 0) is 16.2 Å². The number of aliphatic carboxylic acids is 1. The number of carbonyl (C=O) groups excluding carboxylic acids is 1. The predicted octanol–water partition coefficient (Wildman–Crippen LogP) is 0.982. The molecule has 0 bridgehead atoms. The minimum absolute atomic E-state index is 0.0622. The maximum absolute atomic E-state index is 11.8. The van der Waals surface area contributed by atoms with Crippen LogP contribution in [0.4, 0.5) is 5.69 Å². The maximum atomic E-state index is 11.8. The Labute approximate surface area is 98.1 Å². The van der Waals surface area contributed by atoms with Crippen LogP contribution in [0, 0.1) is 5.41 Å². The van der Waals surface area contributed by atoms with Crippen LogP contribution in [0.25, 0.3) is 0 Å². The second-order valence-electron chi connectivity index (χ2n) is 4.20. The highest BCUT2D eigenvalue weighted by Gasteiger charge is 2.57. The molecule has 0 heterocycles. The van der Waals surface area contributed by atoms with E-state index in [4.69, 9.17) is 10.2 Å². The molecule has 1 aliphatic rings. The summed E-state index contributed by atoms with van der Waals surface area (Å²) in [5.74, 6) is -1.54. The summed E-state index contributed by atoms with van der Waals surface area (Å²) in [6.45, 7) is -0.0622. The van der Waals surface area contributed by atoms with Crippen LogP contribution in [0.2, 0.25) is 0 Å². The minimum Gasteiger partial charge on any atom is -0.480 e. The number of carboxylic acid groups (broad SMARTS) is 1. The van der Waals surface area contributed by atoms with Gasteiger partial charge >= 0.3 is 5.97 Å². The van der Waals surface area contributed by atoms with Crippen molar-refractivity contribution in [3.05, 3.63) is 29.8 Å². The van der Waals surface area contributed by atoms with Crippen LogP contribution in [0.15, 0.2) is 24.3 Å². The number of amides is 1. The molecule has 0 aromatic heterocycles. The first-order valence-electron chi connectivity index (χ1n) is 5.33. The van der Waals surface area contributed by atoms with Gasteiger partial charge in [0.2, 0.25) is 5.91 Å². The Hall–Kier alpha value is -1.88. The van der Waals surface area contributed by atoms with Gasteiger partial charge in [-0.25, -0.2) is 0 Å². The van der Waals surface area contributed by atoms with Crippen molar-refractivity contribution in [3.63, 3.8) is 0 Å². The Bertz CT molecular complexity index is 448. The first-order chi connectivity index (χ1) is 8.08. The van der Waals surface area contributed by atoms with Crippen molar-refractivity contribution < 1.29 is 19.8 Å². The first-order valence-corrected chi connectivity index (χ1v) is 5.33. The molecule has 1 aromatic carbocycles. The van der Waals surface area contributed by atoms with Gasteiger partial charge in [-0.05, 0) is 30.5 Å². The zero-order valence-electron chi connectivity index (χ0n) is 9.14. The number of nitrogens with one attached hydrogen (secondary N) is 1. The summed E-state index contributed by atoms with van der Waals surface area (Å²) < 4.78 is 0. The van der Waals surface area contributed by atoms with Gasteiger partial charge in [0.15, 0.2) is 0 Å². The van der Waals surface area contributed by atoms with Gasteiger partial charge in [-0.2, -0.15) is 0 Å². The standard InChI is InChI=1S/C12H13NO4/c14-7-8-1-3-9(4-2-8)13-10(15)12(5-6-12)11(16)17/h1-4,14H,5-7H2,(H,13,15)(H,16,17). The molecule has 17 heavy (non-hydrogen) atoms. The van der Waals surface area contributed by atoms with Gasteiger partial charge in [0, 0.05) is 5.69 Å². The van der Waals surface area contributed by atoms with Gasteiger partial charge in [-0.1, -0.05) is 12.1 Å². The molecule has 5 heteroatoms. The van der Waals surface area contributed by atoms with Gasteiger partial charge in [0.25, 0.3) is 0 Å².